The highest BCUT2D eigenvalue weighted by Crippen LogP contribution is 2.34. The minimum atomic E-state index is 0.629. The molecule has 2 aromatic carbocycles. The van der Waals surface area contributed by atoms with Crippen molar-refractivity contribution >= 4 is 60.6 Å². The first-order chi connectivity index (χ1) is 17.6. The van der Waals surface area contributed by atoms with Crippen molar-refractivity contribution in [3.05, 3.63) is 71.2 Å². The second-order valence-electron chi connectivity index (χ2n) is 8.07. The topological polar surface area (TPSA) is 99.5 Å². The summed E-state index contributed by atoms with van der Waals surface area (Å²) in [5, 5.41) is 30.6. The van der Waals surface area contributed by atoms with Gasteiger partial charge in [0, 0.05) is 24.7 Å². The number of nitrogens with zero attached hydrogens (tertiary/aromatic N) is 8. The molecule has 11 heteroatoms. The average Bonchev–Trinajstić information content (AvgIpc) is 3.59. The Bertz CT molecular complexity index is 1410. The van der Waals surface area contributed by atoms with Gasteiger partial charge in [-0.05, 0) is 73.5 Å². The van der Waals surface area contributed by atoms with Crippen LogP contribution >= 0.6 is 22.7 Å². The van der Waals surface area contributed by atoms with Gasteiger partial charge in [0.2, 0.25) is 5.13 Å². The van der Waals surface area contributed by atoms with Crippen LogP contribution in [0.3, 0.4) is 0 Å². The number of azo groups is 3. The van der Waals surface area contributed by atoms with Crippen molar-refractivity contribution in [1.82, 2.24) is 4.98 Å². The lowest BCUT2D eigenvalue weighted by Crippen LogP contribution is -2.35. The molecule has 0 N–H and O–H groups in total. The lowest BCUT2D eigenvalue weighted by atomic mass is 10.2. The van der Waals surface area contributed by atoms with E-state index in [0.29, 0.717) is 5.13 Å². The molecule has 5 rings (SSSR count). The number of benzene rings is 2. The zero-order valence-corrected chi connectivity index (χ0v) is 21.5. The van der Waals surface area contributed by atoms with Crippen LogP contribution in [0.25, 0.3) is 0 Å². The predicted molar refractivity (Wildman–Crippen MR) is 144 cm³/mol. The third kappa shape index (κ3) is 6.11. The molecule has 1 saturated heterocycles. The lowest BCUT2D eigenvalue weighted by molar-refractivity contribution is 0.123. The summed E-state index contributed by atoms with van der Waals surface area (Å²) in [6.45, 7) is 7.31. The fraction of sp³-hybridized carbons (Fsp3) is 0.240. The lowest BCUT2D eigenvalue weighted by Gasteiger charge is -2.27. The summed E-state index contributed by atoms with van der Waals surface area (Å²) in [5.74, 6) is 0. The van der Waals surface area contributed by atoms with Gasteiger partial charge in [0.25, 0.3) is 0 Å². The van der Waals surface area contributed by atoms with Crippen LogP contribution < -0.4 is 4.90 Å². The first-order valence-corrected chi connectivity index (χ1v) is 13.1. The first kappa shape index (κ1) is 24.0. The summed E-state index contributed by atoms with van der Waals surface area (Å²) in [7, 11) is 0. The molecule has 0 bridgehead atoms. The molecule has 2 aromatic heterocycles. The van der Waals surface area contributed by atoms with Gasteiger partial charge in [-0.1, -0.05) is 11.3 Å². The fourth-order valence-electron chi connectivity index (χ4n) is 3.53. The largest absolute Gasteiger partial charge is 0.378 e. The molecule has 0 atom stereocenters. The van der Waals surface area contributed by atoms with Gasteiger partial charge in [-0.3, -0.25) is 0 Å². The Morgan fingerprint density at radius 3 is 2.08 bits per heavy atom. The van der Waals surface area contributed by atoms with Crippen molar-refractivity contribution in [2.75, 3.05) is 31.2 Å². The molecule has 1 aliphatic rings. The summed E-state index contributed by atoms with van der Waals surface area (Å²) in [6.07, 6.45) is 1.71. The van der Waals surface area contributed by atoms with Crippen LogP contribution in [0.5, 0.6) is 0 Å². The molecule has 36 heavy (non-hydrogen) atoms. The number of aromatic nitrogens is 1. The Morgan fingerprint density at radius 2 is 1.44 bits per heavy atom. The third-order valence-electron chi connectivity index (χ3n) is 5.46. The van der Waals surface area contributed by atoms with E-state index in [1.807, 2.05) is 61.7 Å². The highest BCUT2D eigenvalue weighted by molar-refractivity contribution is 7.19. The van der Waals surface area contributed by atoms with Crippen LogP contribution in [0.1, 0.15) is 11.1 Å². The number of hydrogen-bond acceptors (Lipinski definition) is 11. The van der Waals surface area contributed by atoms with E-state index < -0.39 is 0 Å². The monoisotopic (exact) mass is 516 g/mol. The SMILES string of the molecule is Cc1cc(/N=N/c2ccc(N3CCOCC3)s2)ccc1/N=N/c1ccc(/N=N/c2nccs2)c(C)c1. The second-order valence-corrected chi connectivity index (χ2v) is 9.98. The van der Waals surface area contributed by atoms with Crippen LogP contribution in [-0.4, -0.2) is 31.3 Å². The van der Waals surface area contributed by atoms with Gasteiger partial charge in [-0.25, -0.2) is 4.98 Å². The van der Waals surface area contributed by atoms with E-state index in [1.165, 1.54) is 16.3 Å². The Kier molecular flexibility index (Phi) is 7.60. The van der Waals surface area contributed by atoms with Gasteiger partial charge >= 0.3 is 0 Å². The third-order valence-corrected chi connectivity index (χ3v) is 7.15. The van der Waals surface area contributed by atoms with E-state index in [4.69, 9.17) is 4.74 Å². The molecule has 9 nitrogen and oxygen atoms in total. The van der Waals surface area contributed by atoms with Crippen LogP contribution in [0.15, 0.2) is 90.8 Å². The van der Waals surface area contributed by atoms with Gasteiger partial charge in [0.15, 0.2) is 0 Å². The molecular weight excluding hydrogens is 492 g/mol. The number of aryl methyl sites for hydroxylation is 2. The predicted octanol–water partition coefficient (Wildman–Crippen LogP) is 8.90. The standard InChI is InChI=1S/C25H24N8OS2/c1-17-16-20(28-31-23-7-8-24(36-23)33-10-12-34-13-11-33)4-5-21(17)29-27-19-3-6-22(18(2)15-19)30-32-25-26-9-14-35-25/h3-9,14-16H,10-13H2,1-2H3/b29-27+,31-28+,32-30+. The molecule has 1 aliphatic heterocycles. The summed E-state index contributed by atoms with van der Waals surface area (Å²) >= 11 is 3.08. The summed E-state index contributed by atoms with van der Waals surface area (Å²) in [6, 6.07) is 15.5. The van der Waals surface area contributed by atoms with E-state index in [0.717, 1.165) is 65.2 Å². The van der Waals surface area contributed by atoms with Gasteiger partial charge in [0.05, 0.1) is 41.0 Å². The van der Waals surface area contributed by atoms with Gasteiger partial charge < -0.3 is 9.64 Å². The van der Waals surface area contributed by atoms with Crippen molar-refractivity contribution in [2.45, 2.75) is 13.8 Å². The Balaban J connectivity index is 1.22. The van der Waals surface area contributed by atoms with E-state index in [1.54, 1.807) is 17.5 Å². The van der Waals surface area contributed by atoms with Crippen molar-refractivity contribution in [1.29, 1.82) is 0 Å². The summed E-state index contributed by atoms with van der Waals surface area (Å²) in [4.78, 5) is 6.43. The molecule has 0 spiro atoms. The van der Waals surface area contributed by atoms with Gasteiger partial charge in [0.1, 0.15) is 5.00 Å². The number of ether oxygens (including phenoxy) is 1. The van der Waals surface area contributed by atoms with Crippen LogP contribution in [0, 0.1) is 13.8 Å². The van der Waals surface area contributed by atoms with Crippen LogP contribution in [0.4, 0.5) is 37.9 Å². The minimum absolute atomic E-state index is 0.629. The van der Waals surface area contributed by atoms with Gasteiger partial charge in [-0.15, -0.1) is 31.8 Å². The minimum Gasteiger partial charge on any atom is -0.378 e. The van der Waals surface area contributed by atoms with Crippen molar-refractivity contribution in [2.24, 2.45) is 30.7 Å². The fourth-order valence-corrected chi connectivity index (χ4v) is 4.87. The Labute approximate surface area is 217 Å². The molecule has 0 radical (unpaired) electrons. The van der Waals surface area contributed by atoms with Crippen molar-refractivity contribution in [3.63, 3.8) is 0 Å². The molecule has 3 heterocycles. The molecule has 0 amide bonds. The van der Waals surface area contributed by atoms with E-state index >= 15 is 0 Å². The second kappa shape index (κ2) is 11.4. The van der Waals surface area contributed by atoms with Crippen LogP contribution in [0.2, 0.25) is 0 Å². The zero-order chi connectivity index (χ0) is 24.7. The van der Waals surface area contributed by atoms with Crippen molar-refractivity contribution < 1.29 is 4.74 Å². The number of hydrogen-bond donors (Lipinski definition) is 0. The molecule has 0 saturated carbocycles. The highest BCUT2D eigenvalue weighted by Gasteiger charge is 2.13. The van der Waals surface area contributed by atoms with Crippen LogP contribution in [-0.2, 0) is 4.74 Å². The number of anilines is 1. The number of thiophene rings is 1. The smallest absolute Gasteiger partial charge is 0.229 e. The molecule has 0 unspecified atom stereocenters. The Morgan fingerprint density at radius 1 is 0.778 bits per heavy atom. The molecule has 4 aromatic rings. The summed E-state index contributed by atoms with van der Waals surface area (Å²) in [5.41, 5.74) is 5.02. The number of rotatable bonds is 7. The normalized spacial score (nSPS) is 14.6. The highest BCUT2D eigenvalue weighted by atomic mass is 32.1. The Hall–Kier alpha value is -3.67. The molecule has 0 aliphatic carbocycles. The quantitative estimate of drug-likeness (QED) is 0.229. The van der Waals surface area contributed by atoms with Gasteiger partial charge in [-0.2, -0.15) is 10.2 Å². The first-order valence-electron chi connectivity index (χ1n) is 11.4. The van der Waals surface area contributed by atoms with E-state index in [-0.39, 0.29) is 0 Å². The van der Waals surface area contributed by atoms with E-state index in [2.05, 4.69) is 46.6 Å². The maximum absolute atomic E-state index is 5.42. The number of morpholine rings is 1. The maximum Gasteiger partial charge on any atom is 0.229 e. The van der Waals surface area contributed by atoms with E-state index in [9.17, 15) is 0 Å². The maximum atomic E-state index is 5.42. The number of thiazole rings is 1. The molecular formula is C25H24N8OS2. The summed E-state index contributed by atoms with van der Waals surface area (Å²) < 4.78 is 5.42. The van der Waals surface area contributed by atoms with Crippen molar-refractivity contribution in [3.8, 4) is 0 Å². The average molecular weight is 517 g/mol. The molecule has 1 fully saturated rings. The zero-order valence-electron chi connectivity index (χ0n) is 19.9. The molecule has 182 valence electrons.